The molecule has 5 heterocycles. The van der Waals surface area contributed by atoms with Gasteiger partial charge in [0, 0.05) is 24.9 Å². The van der Waals surface area contributed by atoms with Crippen molar-refractivity contribution in [3.8, 4) is 5.82 Å². The van der Waals surface area contributed by atoms with Crippen molar-refractivity contribution in [3.05, 3.63) is 42.0 Å². The summed E-state index contributed by atoms with van der Waals surface area (Å²) in [5, 5.41) is 11.1. The van der Waals surface area contributed by atoms with Crippen molar-refractivity contribution in [2.24, 2.45) is 5.41 Å². The number of esters is 1. The van der Waals surface area contributed by atoms with E-state index in [1.165, 1.54) is 17.1 Å². The second-order valence-electron chi connectivity index (χ2n) is 9.03. The smallest absolute Gasteiger partial charge is 0.333 e. The molecular formula is C22H27N7O3. The quantitative estimate of drug-likeness (QED) is 0.641. The van der Waals surface area contributed by atoms with E-state index < -0.39 is 0 Å². The highest BCUT2D eigenvalue weighted by molar-refractivity contribution is 5.91. The zero-order valence-electron chi connectivity index (χ0n) is 18.3. The highest BCUT2D eigenvalue weighted by atomic mass is 16.5. The molecule has 0 aliphatic carbocycles. The van der Waals surface area contributed by atoms with E-state index in [9.17, 15) is 9.59 Å². The number of hydrogen-bond donors (Lipinski definition) is 0. The summed E-state index contributed by atoms with van der Waals surface area (Å²) in [7, 11) is 0. The van der Waals surface area contributed by atoms with Gasteiger partial charge in [-0.05, 0) is 74.7 Å². The predicted octanol–water partition coefficient (Wildman–Crippen LogP) is 1.13. The Morgan fingerprint density at radius 3 is 2.62 bits per heavy atom. The number of aromatic nitrogens is 5. The maximum absolute atomic E-state index is 13.4. The molecular weight excluding hydrogens is 410 g/mol. The molecule has 3 aliphatic heterocycles. The number of hydrogen-bond acceptors (Lipinski definition) is 8. The van der Waals surface area contributed by atoms with Gasteiger partial charge in [0.05, 0.1) is 11.1 Å². The van der Waals surface area contributed by atoms with Crippen LogP contribution in [0.2, 0.25) is 0 Å². The SMILES string of the molecule is CC1OC(=O)C=C1N1C(=O)C2(CCN(CCc3ccc(-n4cnnn4)nc3)CC2)C[C@@H]1C. The highest BCUT2D eigenvalue weighted by Crippen LogP contribution is 2.46. The van der Waals surface area contributed by atoms with E-state index in [4.69, 9.17) is 4.74 Å². The summed E-state index contributed by atoms with van der Waals surface area (Å²) in [5.74, 6) is 0.489. The van der Waals surface area contributed by atoms with Crippen molar-refractivity contribution in [1.82, 2.24) is 35.0 Å². The fraction of sp³-hybridized carbons (Fsp3) is 0.545. The molecule has 0 N–H and O–H groups in total. The molecule has 1 spiro atoms. The third-order valence-electron chi connectivity index (χ3n) is 6.98. The molecule has 0 aromatic carbocycles. The van der Waals surface area contributed by atoms with Gasteiger partial charge in [-0.15, -0.1) is 5.10 Å². The molecule has 3 aliphatic rings. The lowest BCUT2D eigenvalue weighted by Gasteiger charge is -2.38. The van der Waals surface area contributed by atoms with Crippen LogP contribution >= 0.6 is 0 Å². The molecule has 2 aromatic rings. The standard InChI is InChI=1S/C22H27N7O3/c1-15-12-22(21(31)29(15)18-11-20(30)32-16(18)2)6-9-27(10-7-22)8-5-17-3-4-19(23-13-17)28-14-24-25-26-28/h3-4,11,13-16H,5-10,12H2,1-2H3/t15-,16?/m0/s1. The largest absolute Gasteiger partial charge is 0.453 e. The van der Waals surface area contributed by atoms with Gasteiger partial charge >= 0.3 is 5.97 Å². The molecule has 0 saturated carbocycles. The number of nitrogens with zero attached hydrogens (tertiary/aromatic N) is 7. The van der Waals surface area contributed by atoms with Crippen LogP contribution in [0, 0.1) is 5.41 Å². The van der Waals surface area contributed by atoms with Gasteiger partial charge in [0.15, 0.2) is 5.82 Å². The zero-order chi connectivity index (χ0) is 22.3. The molecule has 10 nitrogen and oxygen atoms in total. The summed E-state index contributed by atoms with van der Waals surface area (Å²) in [6, 6.07) is 4.05. The average Bonchev–Trinajstić information content (AvgIpc) is 3.48. The minimum atomic E-state index is -0.358. The Morgan fingerprint density at radius 1 is 1.19 bits per heavy atom. The topological polar surface area (TPSA) is 106 Å². The molecule has 2 atom stereocenters. The maximum Gasteiger partial charge on any atom is 0.333 e. The number of amides is 1. The number of ether oxygens (including phenoxy) is 1. The Labute approximate surface area is 186 Å². The molecule has 0 bridgehead atoms. The van der Waals surface area contributed by atoms with Crippen LogP contribution in [0.3, 0.4) is 0 Å². The van der Waals surface area contributed by atoms with Crippen LogP contribution in [0.25, 0.3) is 5.82 Å². The van der Waals surface area contributed by atoms with Gasteiger partial charge in [-0.3, -0.25) is 4.79 Å². The lowest BCUT2D eigenvalue weighted by atomic mass is 9.76. The highest BCUT2D eigenvalue weighted by Gasteiger charge is 2.53. The molecule has 10 heteroatoms. The van der Waals surface area contributed by atoms with Gasteiger partial charge in [-0.2, -0.15) is 4.68 Å². The first-order chi connectivity index (χ1) is 15.4. The Morgan fingerprint density at radius 2 is 2.00 bits per heavy atom. The molecule has 2 aromatic heterocycles. The number of carbonyl (C=O) groups excluding carboxylic acids is 2. The van der Waals surface area contributed by atoms with Crippen LogP contribution in [-0.2, 0) is 20.7 Å². The monoisotopic (exact) mass is 437 g/mol. The molecule has 5 rings (SSSR count). The molecule has 168 valence electrons. The number of pyridine rings is 1. The van der Waals surface area contributed by atoms with E-state index in [2.05, 4.69) is 38.4 Å². The van der Waals surface area contributed by atoms with Crippen LogP contribution in [0.5, 0.6) is 0 Å². The third kappa shape index (κ3) is 3.68. The second-order valence-corrected chi connectivity index (χ2v) is 9.03. The fourth-order valence-electron chi connectivity index (χ4n) is 5.22. The lowest BCUT2D eigenvalue weighted by Crippen LogP contribution is -2.45. The molecule has 1 unspecified atom stereocenters. The first kappa shape index (κ1) is 20.7. The molecule has 2 fully saturated rings. The minimum absolute atomic E-state index is 0.0852. The summed E-state index contributed by atoms with van der Waals surface area (Å²) < 4.78 is 6.76. The summed E-state index contributed by atoms with van der Waals surface area (Å²) in [6.45, 7) is 6.62. The van der Waals surface area contributed by atoms with E-state index >= 15 is 0 Å². The van der Waals surface area contributed by atoms with E-state index in [0.29, 0.717) is 11.5 Å². The minimum Gasteiger partial charge on any atom is -0.453 e. The van der Waals surface area contributed by atoms with Crippen molar-refractivity contribution in [2.75, 3.05) is 19.6 Å². The van der Waals surface area contributed by atoms with Crippen LogP contribution in [0.4, 0.5) is 0 Å². The Hall–Kier alpha value is -3.14. The first-order valence-electron chi connectivity index (χ1n) is 11.1. The predicted molar refractivity (Wildman–Crippen MR) is 113 cm³/mol. The van der Waals surface area contributed by atoms with Crippen molar-refractivity contribution >= 4 is 11.9 Å². The molecule has 32 heavy (non-hydrogen) atoms. The van der Waals surface area contributed by atoms with Crippen LogP contribution < -0.4 is 0 Å². The van der Waals surface area contributed by atoms with Crippen LogP contribution in [-0.4, -0.2) is 78.6 Å². The van der Waals surface area contributed by atoms with E-state index in [1.807, 2.05) is 24.1 Å². The van der Waals surface area contributed by atoms with Gasteiger partial charge in [0.25, 0.3) is 0 Å². The van der Waals surface area contributed by atoms with Gasteiger partial charge in [0.2, 0.25) is 5.91 Å². The molecule has 2 saturated heterocycles. The number of piperidine rings is 1. The lowest BCUT2D eigenvalue weighted by molar-refractivity contribution is -0.141. The third-order valence-corrected chi connectivity index (χ3v) is 6.98. The Bertz CT molecular complexity index is 1030. The van der Waals surface area contributed by atoms with Gasteiger partial charge in [-0.25, -0.2) is 9.78 Å². The number of likely N-dealkylation sites (tertiary alicyclic amines) is 2. The summed E-state index contributed by atoms with van der Waals surface area (Å²) in [5.41, 5.74) is 1.55. The van der Waals surface area contributed by atoms with E-state index in [-0.39, 0.29) is 29.4 Å². The van der Waals surface area contributed by atoms with Gasteiger partial charge in [0.1, 0.15) is 12.4 Å². The van der Waals surface area contributed by atoms with Crippen molar-refractivity contribution in [1.29, 1.82) is 0 Å². The molecule has 0 radical (unpaired) electrons. The normalized spacial score (nSPS) is 25.4. The Kier molecular flexibility index (Phi) is 5.24. The van der Waals surface area contributed by atoms with Crippen LogP contribution in [0.1, 0.15) is 38.7 Å². The average molecular weight is 438 g/mol. The zero-order valence-corrected chi connectivity index (χ0v) is 18.3. The van der Waals surface area contributed by atoms with Crippen LogP contribution in [0.15, 0.2) is 36.4 Å². The summed E-state index contributed by atoms with van der Waals surface area (Å²) >= 11 is 0. The maximum atomic E-state index is 13.4. The number of cyclic esters (lactones) is 1. The number of tetrazole rings is 1. The van der Waals surface area contributed by atoms with E-state index in [1.54, 1.807) is 0 Å². The van der Waals surface area contributed by atoms with Crippen molar-refractivity contribution in [2.45, 2.75) is 51.7 Å². The summed E-state index contributed by atoms with van der Waals surface area (Å²) in [4.78, 5) is 33.8. The second kappa shape index (κ2) is 8.09. The number of rotatable bonds is 5. The summed E-state index contributed by atoms with van der Waals surface area (Å²) in [6.07, 6.45) is 7.93. The fourth-order valence-corrected chi connectivity index (χ4v) is 5.22. The van der Waals surface area contributed by atoms with Crippen molar-refractivity contribution < 1.29 is 14.3 Å². The Balaban J connectivity index is 1.17. The number of carbonyl (C=O) groups is 2. The first-order valence-corrected chi connectivity index (χ1v) is 11.1. The van der Waals surface area contributed by atoms with Crippen molar-refractivity contribution in [3.63, 3.8) is 0 Å². The van der Waals surface area contributed by atoms with Gasteiger partial charge in [-0.1, -0.05) is 6.07 Å². The molecule has 1 amide bonds. The van der Waals surface area contributed by atoms with E-state index in [0.717, 1.165) is 50.9 Å². The van der Waals surface area contributed by atoms with Gasteiger partial charge < -0.3 is 14.5 Å².